The number of Topliss-reactive ketones (excluding diaryl/α,β-unsaturated/α-hetero) is 1. The Hall–Kier alpha value is -1.68. The van der Waals surface area contributed by atoms with Crippen molar-refractivity contribution in [3.8, 4) is 0 Å². The molecule has 0 aliphatic rings. The largest absolute Gasteiger partial charge is 0.300 e. The Morgan fingerprint density at radius 1 is 1.22 bits per heavy atom. The number of rotatable bonds is 6. The quantitative estimate of drug-likeness (QED) is 0.784. The first-order valence-electron chi connectivity index (χ1n) is 6.13. The summed E-state index contributed by atoms with van der Waals surface area (Å²) in [6, 6.07) is 9.19. The van der Waals surface area contributed by atoms with E-state index < -0.39 is 0 Å². The summed E-state index contributed by atoms with van der Waals surface area (Å²) in [5.74, 6) is -0.0255. The summed E-state index contributed by atoms with van der Waals surface area (Å²) in [5, 5.41) is 1.79. The van der Waals surface area contributed by atoms with Crippen molar-refractivity contribution in [2.24, 2.45) is 0 Å². The Morgan fingerprint density at radius 2 is 1.83 bits per heavy atom. The molecule has 0 atom stereocenters. The minimum atomic E-state index is -0.146. The molecule has 0 aromatic heterocycles. The normalized spacial score (nSPS) is 10.7. The number of carbonyl (C=O) groups is 2. The fourth-order valence-electron chi connectivity index (χ4n) is 1.51. The molecule has 0 radical (unpaired) electrons. The SMILES string of the molecule is CC(=O)CCN(NC(=O)c1ccccc1)C(C)C. The molecule has 0 saturated carbocycles. The zero-order chi connectivity index (χ0) is 13.5. The second-order valence-electron chi connectivity index (χ2n) is 4.55. The lowest BCUT2D eigenvalue weighted by atomic mass is 10.2. The van der Waals surface area contributed by atoms with Gasteiger partial charge >= 0.3 is 0 Å². The number of carbonyl (C=O) groups excluding carboxylic acids is 2. The maximum absolute atomic E-state index is 12.0. The van der Waals surface area contributed by atoms with Crippen LogP contribution in [0.4, 0.5) is 0 Å². The fourth-order valence-corrected chi connectivity index (χ4v) is 1.51. The Bertz CT molecular complexity index is 402. The third-order valence-corrected chi connectivity index (χ3v) is 2.61. The van der Waals surface area contributed by atoms with Crippen LogP contribution in [0.5, 0.6) is 0 Å². The number of amides is 1. The van der Waals surface area contributed by atoms with Gasteiger partial charge < -0.3 is 0 Å². The smallest absolute Gasteiger partial charge is 0.265 e. The fraction of sp³-hybridized carbons (Fsp3) is 0.429. The van der Waals surface area contributed by atoms with E-state index in [1.807, 2.05) is 32.0 Å². The predicted molar refractivity (Wildman–Crippen MR) is 71.0 cm³/mol. The van der Waals surface area contributed by atoms with E-state index in [4.69, 9.17) is 0 Å². The van der Waals surface area contributed by atoms with Gasteiger partial charge in [-0.25, -0.2) is 5.01 Å². The van der Waals surface area contributed by atoms with E-state index in [-0.39, 0.29) is 17.7 Å². The zero-order valence-electron chi connectivity index (χ0n) is 11.1. The van der Waals surface area contributed by atoms with Crippen molar-refractivity contribution < 1.29 is 9.59 Å². The highest BCUT2D eigenvalue weighted by Crippen LogP contribution is 2.02. The molecule has 4 nitrogen and oxygen atoms in total. The number of benzene rings is 1. The maximum Gasteiger partial charge on any atom is 0.265 e. The molecule has 0 unspecified atom stereocenters. The Balaban J connectivity index is 2.61. The van der Waals surface area contributed by atoms with Gasteiger partial charge in [-0.05, 0) is 32.9 Å². The molecule has 0 aliphatic heterocycles. The topological polar surface area (TPSA) is 49.4 Å². The van der Waals surface area contributed by atoms with Crippen LogP contribution in [-0.2, 0) is 4.79 Å². The first kappa shape index (κ1) is 14.4. The van der Waals surface area contributed by atoms with Gasteiger partial charge in [0.15, 0.2) is 0 Å². The molecule has 1 amide bonds. The number of hydrogen-bond acceptors (Lipinski definition) is 3. The van der Waals surface area contributed by atoms with Gasteiger partial charge in [0, 0.05) is 24.6 Å². The molecular formula is C14H20N2O2. The van der Waals surface area contributed by atoms with Crippen molar-refractivity contribution in [1.29, 1.82) is 0 Å². The molecule has 1 N–H and O–H groups in total. The van der Waals surface area contributed by atoms with Crippen molar-refractivity contribution in [1.82, 2.24) is 10.4 Å². The first-order chi connectivity index (χ1) is 8.50. The third kappa shape index (κ3) is 4.67. The summed E-state index contributed by atoms with van der Waals surface area (Å²) in [5.41, 5.74) is 3.45. The van der Waals surface area contributed by atoms with E-state index in [2.05, 4.69) is 5.43 Å². The number of hydrazine groups is 1. The number of hydrogen-bond donors (Lipinski definition) is 1. The van der Waals surface area contributed by atoms with E-state index in [0.29, 0.717) is 18.5 Å². The van der Waals surface area contributed by atoms with Gasteiger partial charge in [0.1, 0.15) is 5.78 Å². The van der Waals surface area contributed by atoms with Crippen molar-refractivity contribution in [2.45, 2.75) is 33.2 Å². The molecule has 0 aliphatic carbocycles. The average molecular weight is 248 g/mol. The minimum absolute atomic E-state index is 0.120. The lowest BCUT2D eigenvalue weighted by Gasteiger charge is -2.26. The van der Waals surface area contributed by atoms with Crippen molar-refractivity contribution in [2.75, 3.05) is 6.54 Å². The Labute approximate surface area is 108 Å². The van der Waals surface area contributed by atoms with Gasteiger partial charge in [-0.15, -0.1) is 0 Å². The number of nitrogens with zero attached hydrogens (tertiary/aromatic N) is 1. The molecule has 1 rings (SSSR count). The van der Waals surface area contributed by atoms with Crippen LogP contribution in [0, 0.1) is 0 Å². The second-order valence-corrected chi connectivity index (χ2v) is 4.55. The molecule has 0 bridgehead atoms. The average Bonchev–Trinajstić information content (AvgIpc) is 2.34. The lowest BCUT2D eigenvalue weighted by Crippen LogP contribution is -2.47. The second kappa shape index (κ2) is 6.91. The zero-order valence-corrected chi connectivity index (χ0v) is 11.1. The van der Waals surface area contributed by atoms with Crippen LogP contribution >= 0.6 is 0 Å². The van der Waals surface area contributed by atoms with Gasteiger partial charge in [-0.3, -0.25) is 15.0 Å². The number of ketones is 1. The van der Waals surface area contributed by atoms with E-state index in [1.165, 1.54) is 0 Å². The van der Waals surface area contributed by atoms with Crippen molar-refractivity contribution >= 4 is 11.7 Å². The third-order valence-electron chi connectivity index (χ3n) is 2.61. The highest BCUT2D eigenvalue weighted by atomic mass is 16.2. The van der Waals surface area contributed by atoms with E-state index in [0.717, 1.165) is 0 Å². The molecule has 0 heterocycles. The van der Waals surface area contributed by atoms with Crippen LogP contribution < -0.4 is 5.43 Å². The molecule has 1 aromatic rings. The molecule has 98 valence electrons. The summed E-state index contributed by atoms with van der Waals surface area (Å²) < 4.78 is 0. The molecule has 0 fully saturated rings. The molecule has 18 heavy (non-hydrogen) atoms. The van der Waals surface area contributed by atoms with E-state index >= 15 is 0 Å². The first-order valence-corrected chi connectivity index (χ1v) is 6.13. The molecule has 1 aromatic carbocycles. The van der Waals surface area contributed by atoms with Gasteiger partial charge in [-0.2, -0.15) is 0 Å². The molecule has 0 spiro atoms. The maximum atomic E-state index is 12.0. The van der Waals surface area contributed by atoms with Crippen LogP contribution in [0.25, 0.3) is 0 Å². The standard InChI is InChI=1S/C14H20N2O2/c1-11(2)16(10-9-12(3)17)15-14(18)13-7-5-4-6-8-13/h4-8,11H,9-10H2,1-3H3,(H,15,18). The van der Waals surface area contributed by atoms with Gasteiger partial charge in [0.05, 0.1) is 0 Å². The molecular weight excluding hydrogens is 228 g/mol. The van der Waals surface area contributed by atoms with Crippen molar-refractivity contribution in [3.63, 3.8) is 0 Å². The minimum Gasteiger partial charge on any atom is -0.300 e. The van der Waals surface area contributed by atoms with Crippen LogP contribution in [-0.4, -0.2) is 29.3 Å². The Kier molecular flexibility index (Phi) is 5.52. The number of nitrogens with one attached hydrogen (secondary N) is 1. The molecule has 4 heteroatoms. The van der Waals surface area contributed by atoms with Crippen LogP contribution in [0.3, 0.4) is 0 Å². The van der Waals surface area contributed by atoms with Crippen LogP contribution in [0.1, 0.15) is 37.6 Å². The predicted octanol–water partition coefficient (Wildman–Crippen LogP) is 2.02. The summed E-state index contributed by atoms with van der Waals surface area (Å²) in [4.78, 5) is 23.0. The van der Waals surface area contributed by atoms with E-state index in [9.17, 15) is 9.59 Å². The van der Waals surface area contributed by atoms with Gasteiger partial charge in [0.25, 0.3) is 5.91 Å². The van der Waals surface area contributed by atoms with Crippen molar-refractivity contribution in [3.05, 3.63) is 35.9 Å². The van der Waals surface area contributed by atoms with E-state index in [1.54, 1.807) is 24.1 Å². The van der Waals surface area contributed by atoms with Crippen LogP contribution in [0.2, 0.25) is 0 Å². The lowest BCUT2D eigenvalue weighted by molar-refractivity contribution is -0.117. The summed E-state index contributed by atoms with van der Waals surface area (Å²) >= 11 is 0. The summed E-state index contributed by atoms with van der Waals surface area (Å²) in [6.45, 7) is 6.04. The Morgan fingerprint density at radius 3 is 2.33 bits per heavy atom. The van der Waals surface area contributed by atoms with Gasteiger partial charge in [0.2, 0.25) is 0 Å². The summed E-state index contributed by atoms with van der Waals surface area (Å²) in [7, 11) is 0. The van der Waals surface area contributed by atoms with Gasteiger partial charge in [-0.1, -0.05) is 18.2 Å². The molecule has 0 saturated heterocycles. The monoisotopic (exact) mass is 248 g/mol. The highest BCUT2D eigenvalue weighted by Gasteiger charge is 2.14. The highest BCUT2D eigenvalue weighted by molar-refractivity contribution is 5.93. The summed E-state index contributed by atoms with van der Waals surface area (Å²) in [6.07, 6.45) is 0.438. The van der Waals surface area contributed by atoms with Crippen LogP contribution in [0.15, 0.2) is 30.3 Å².